The Labute approximate surface area is 221 Å². The predicted molar refractivity (Wildman–Crippen MR) is 145 cm³/mol. The summed E-state index contributed by atoms with van der Waals surface area (Å²) in [5.41, 5.74) is 2.39. The van der Waals surface area contributed by atoms with Crippen molar-refractivity contribution in [2.24, 2.45) is 0 Å². The highest BCUT2D eigenvalue weighted by Crippen LogP contribution is 2.31. The highest BCUT2D eigenvalue weighted by molar-refractivity contribution is 7.98. The molecule has 0 atom stereocenters. The third kappa shape index (κ3) is 5.87. The van der Waals surface area contributed by atoms with Crippen LogP contribution < -0.4 is 20.1 Å². The topological polar surface area (TPSA) is 97.0 Å². The summed E-state index contributed by atoms with van der Waals surface area (Å²) in [6, 6.07) is 17.9. The van der Waals surface area contributed by atoms with E-state index in [0.717, 1.165) is 23.3 Å². The third-order valence-corrected chi connectivity index (χ3v) is 8.90. The van der Waals surface area contributed by atoms with Crippen LogP contribution >= 0.6 is 11.8 Å². The fourth-order valence-electron chi connectivity index (χ4n) is 4.36. The largest absolute Gasteiger partial charge is 0.486 e. The Balaban J connectivity index is 1.42. The first kappa shape index (κ1) is 25.4. The molecular weight excluding hydrogens is 510 g/mol. The Kier molecular flexibility index (Phi) is 7.59. The summed E-state index contributed by atoms with van der Waals surface area (Å²) < 4.78 is 39.5. The van der Waals surface area contributed by atoms with Crippen LogP contribution in [0, 0.1) is 0 Å². The number of benzene rings is 3. The van der Waals surface area contributed by atoms with Crippen molar-refractivity contribution in [1.82, 2.24) is 4.31 Å². The van der Waals surface area contributed by atoms with Gasteiger partial charge in [-0.05, 0) is 73.2 Å². The molecule has 3 aromatic carbocycles. The van der Waals surface area contributed by atoms with Crippen LogP contribution in [0.1, 0.15) is 28.8 Å². The molecule has 194 valence electrons. The number of nitrogens with zero attached hydrogens (tertiary/aromatic N) is 1. The minimum absolute atomic E-state index is 0.101. The molecule has 2 aliphatic heterocycles. The molecule has 1 saturated heterocycles. The monoisotopic (exact) mass is 539 g/mol. The van der Waals surface area contributed by atoms with Crippen LogP contribution in [0.15, 0.2) is 70.5 Å². The number of nitrogens with one attached hydrogen (secondary N) is 2. The zero-order valence-electron chi connectivity index (χ0n) is 20.5. The zero-order chi connectivity index (χ0) is 25.8. The van der Waals surface area contributed by atoms with Crippen LogP contribution in [0.4, 0.5) is 11.4 Å². The van der Waals surface area contributed by atoms with E-state index in [2.05, 4.69) is 10.6 Å². The highest BCUT2D eigenvalue weighted by Gasteiger charge is 2.28. The fourth-order valence-corrected chi connectivity index (χ4v) is 6.41. The van der Waals surface area contributed by atoms with Gasteiger partial charge in [-0.3, -0.25) is 4.79 Å². The van der Waals surface area contributed by atoms with Crippen molar-refractivity contribution in [2.75, 3.05) is 43.2 Å². The molecule has 1 fully saturated rings. The first-order valence-corrected chi connectivity index (χ1v) is 14.8. The number of carbonyl (C=O) groups excluding carboxylic acids is 1. The van der Waals surface area contributed by atoms with Crippen LogP contribution in [0.2, 0.25) is 0 Å². The normalized spacial score (nSPS) is 15.4. The van der Waals surface area contributed by atoms with E-state index >= 15 is 0 Å². The molecular formula is C27H29N3O5S2. The number of sulfonamides is 1. The maximum Gasteiger partial charge on any atom is 0.255 e. The van der Waals surface area contributed by atoms with Gasteiger partial charge in [0.25, 0.3) is 5.91 Å². The molecule has 2 N–H and O–H groups in total. The molecule has 0 radical (unpaired) electrons. The van der Waals surface area contributed by atoms with Gasteiger partial charge in [-0.1, -0.05) is 12.1 Å². The van der Waals surface area contributed by atoms with E-state index in [0.29, 0.717) is 55.7 Å². The molecule has 2 aliphatic rings. The Bertz CT molecular complexity index is 1400. The molecule has 10 heteroatoms. The molecule has 1 amide bonds. The number of amides is 1. The van der Waals surface area contributed by atoms with Gasteiger partial charge >= 0.3 is 0 Å². The van der Waals surface area contributed by atoms with Crippen LogP contribution in [-0.2, 0) is 16.6 Å². The molecule has 2 heterocycles. The van der Waals surface area contributed by atoms with E-state index in [1.165, 1.54) is 10.4 Å². The summed E-state index contributed by atoms with van der Waals surface area (Å²) in [6.07, 6.45) is 3.63. The number of hydrogen-bond donors (Lipinski definition) is 2. The van der Waals surface area contributed by atoms with Gasteiger partial charge < -0.3 is 20.1 Å². The van der Waals surface area contributed by atoms with Crippen molar-refractivity contribution in [3.05, 3.63) is 71.8 Å². The second kappa shape index (κ2) is 11.0. The molecule has 0 aromatic heterocycles. The van der Waals surface area contributed by atoms with E-state index in [1.807, 2.05) is 48.7 Å². The van der Waals surface area contributed by atoms with Crippen molar-refractivity contribution in [3.63, 3.8) is 0 Å². The van der Waals surface area contributed by atoms with E-state index in [-0.39, 0.29) is 16.4 Å². The van der Waals surface area contributed by atoms with Crippen molar-refractivity contribution in [1.29, 1.82) is 0 Å². The van der Waals surface area contributed by atoms with E-state index in [9.17, 15) is 13.2 Å². The van der Waals surface area contributed by atoms with Gasteiger partial charge in [-0.15, -0.1) is 11.8 Å². The number of thioether (sulfide) groups is 1. The Morgan fingerprint density at radius 1 is 0.946 bits per heavy atom. The number of rotatable bonds is 8. The quantitative estimate of drug-likeness (QED) is 0.396. The van der Waals surface area contributed by atoms with Gasteiger partial charge in [0, 0.05) is 41.5 Å². The summed E-state index contributed by atoms with van der Waals surface area (Å²) in [5.74, 6) is 1.01. The van der Waals surface area contributed by atoms with Gasteiger partial charge in [-0.25, -0.2) is 8.42 Å². The van der Waals surface area contributed by atoms with E-state index in [1.54, 1.807) is 23.9 Å². The molecule has 0 unspecified atom stereocenters. The van der Waals surface area contributed by atoms with Crippen molar-refractivity contribution < 1.29 is 22.7 Å². The summed E-state index contributed by atoms with van der Waals surface area (Å²) in [4.78, 5) is 14.3. The van der Waals surface area contributed by atoms with Gasteiger partial charge in [0.05, 0.1) is 4.90 Å². The molecule has 8 nitrogen and oxygen atoms in total. The maximum absolute atomic E-state index is 13.4. The Morgan fingerprint density at radius 3 is 2.51 bits per heavy atom. The Morgan fingerprint density at radius 2 is 1.73 bits per heavy atom. The second-order valence-corrected chi connectivity index (χ2v) is 11.7. The van der Waals surface area contributed by atoms with E-state index in [4.69, 9.17) is 9.47 Å². The molecule has 0 aliphatic carbocycles. The standard InChI is InChI=1S/C27H29N3O5S2/c1-36-23-6-4-5-21(16-23)29-27(31)20-14-22(17-24(15-20)37(32,33)30-9-2-3-10-30)28-18-19-7-8-25-26(13-19)35-12-11-34-25/h4-8,13-17,28H,2-3,9-12,18H2,1H3,(H,29,31). The van der Waals surface area contributed by atoms with Gasteiger partial charge in [0.15, 0.2) is 11.5 Å². The fraction of sp³-hybridized carbons (Fsp3) is 0.296. The van der Waals surface area contributed by atoms with Crippen molar-refractivity contribution in [3.8, 4) is 11.5 Å². The number of fused-ring (bicyclic) bond motifs is 1. The molecule has 0 spiro atoms. The molecule has 0 bridgehead atoms. The second-order valence-electron chi connectivity index (χ2n) is 8.87. The van der Waals surface area contributed by atoms with Crippen molar-refractivity contribution >= 4 is 39.1 Å². The minimum Gasteiger partial charge on any atom is -0.486 e. The maximum atomic E-state index is 13.4. The average Bonchev–Trinajstić information content (AvgIpc) is 3.48. The van der Waals surface area contributed by atoms with Crippen LogP contribution in [0.3, 0.4) is 0 Å². The van der Waals surface area contributed by atoms with Crippen LogP contribution in [0.5, 0.6) is 11.5 Å². The lowest BCUT2D eigenvalue weighted by molar-refractivity contribution is 0.102. The first-order valence-electron chi connectivity index (χ1n) is 12.2. The van der Waals surface area contributed by atoms with E-state index < -0.39 is 10.0 Å². The van der Waals surface area contributed by atoms with Crippen LogP contribution in [-0.4, -0.2) is 51.2 Å². The first-order chi connectivity index (χ1) is 17.9. The van der Waals surface area contributed by atoms with Crippen molar-refractivity contribution in [2.45, 2.75) is 29.2 Å². The highest BCUT2D eigenvalue weighted by atomic mass is 32.2. The number of anilines is 2. The third-order valence-electron chi connectivity index (χ3n) is 6.30. The minimum atomic E-state index is -3.72. The number of hydrogen-bond acceptors (Lipinski definition) is 7. The number of carbonyl (C=O) groups is 1. The molecule has 37 heavy (non-hydrogen) atoms. The lowest BCUT2D eigenvalue weighted by atomic mass is 10.1. The van der Waals surface area contributed by atoms with Gasteiger partial charge in [0.1, 0.15) is 13.2 Å². The van der Waals surface area contributed by atoms with Crippen LogP contribution in [0.25, 0.3) is 0 Å². The average molecular weight is 540 g/mol. The molecule has 5 rings (SSSR count). The SMILES string of the molecule is CSc1cccc(NC(=O)c2cc(NCc3ccc4c(c3)OCCO4)cc(S(=O)(=O)N3CCCC3)c2)c1. The van der Waals surface area contributed by atoms with Gasteiger partial charge in [-0.2, -0.15) is 4.31 Å². The summed E-state index contributed by atoms with van der Waals surface area (Å²) in [6.45, 7) is 2.41. The summed E-state index contributed by atoms with van der Waals surface area (Å²) in [7, 11) is -3.72. The smallest absolute Gasteiger partial charge is 0.255 e. The zero-order valence-corrected chi connectivity index (χ0v) is 22.2. The number of ether oxygens (including phenoxy) is 2. The Hall–Kier alpha value is -3.21. The molecule has 0 saturated carbocycles. The molecule has 3 aromatic rings. The lowest BCUT2D eigenvalue weighted by Crippen LogP contribution is -2.28. The lowest BCUT2D eigenvalue weighted by Gasteiger charge is -2.19. The summed E-state index contributed by atoms with van der Waals surface area (Å²) in [5, 5.41) is 6.18. The predicted octanol–water partition coefficient (Wildman–Crippen LogP) is 4.83. The van der Waals surface area contributed by atoms with Gasteiger partial charge in [0.2, 0.25) is 10.0 Å². The summed E-state index contributed by atoms with van der Waals surface area (Å²) >= 11 is 1.58.